The molecule has 0 radical (unpaired) electrons. The Morgan fingerprint density at radius 3 is 2.33 bits per heavy atom. The van der Waals surface area contributed by atoms with E-state index < -0.39 is 14.4 Å². The van der Waals surface area contributed by atoms with E-state index in [4.69, 9.17) is 9.16 Å². The van der Waals surface area contributed by atoms with Crippen LogP contribution in [0.3, 0.4) is 0 Å². The fourth-order valence-corrected chi connectivity index (χ4v) is 3.78. The van der Waals surface area contributed by atoms with Crippen LogP contribution in [-0.4, -0.2) is 38.7 Å². The maximum atomic E-state index is 11.5. The van der Waals surface area contributed by atoms with E-state index >= 15 is 0 Å². The zero-order valence-electron chi connectivity index (χ0n) is 14.4. The highest BCUT2D eigenvalue weighted by molar-refractivity contribution is 6.74. The normalized spacial score (nSPS) is 23.6. The summed E-state index contributed by atoms with van der Waals surface area (Å²) in [6.07, 6.45) is 0.863. The van der Waals surface area contributed by atoms with E-state index in [1.54, 1.807) is 0 Å². The molecule has 1 N–H and O–H groups in total. The fraction of sp³-hybridized carbons (Fsp3) is 0.812. The molecule has 4 nitrogen and oxygen atoms in total. The van der Waals surface area contributed by atoms with Gasteiger partial charge in [0.1, 0.15) is 0 Å². The Morgan fingerprint density at radius 1 is 1.33 bits per heavy atom. The minimum Gasteiger partial charge on any atom is -0.469 e. The van der Waals surface area contributed by atoms with Crippen LogP contribution in [0.1, 0.15) is 47.0 Å². The lowest BCUT2D eigenvalue weighted by molar-refractivity contribution is -0.140. The second kappa shape index (κ2) is 6.63. The van der Waals surface area contributed by atoms with E-state index in [2.05, 4.69) is 33.9 Å². The standard InChI is InChI=1S/C16H30O4Si/c1-8-11-12(9-15(18)19-5)13(17)10-14(11)20-21(6,7)16(2,3)4/h13-14,17H,8-10H2,1-7H3/t13-,14?/m1/s1. The van der Waals surface area contributed by atoms with Crippen LogP contribution in [-0.2, 0) is 14.0 Å². The molecule has 122 valence electrons. The number of hydrogen-bond acceptors (Lipinski definition) is 4. The first-order valence-electron chi connectivity index (χ1n) is 7.68. The summed E-state index contributed by atoms with van der Waals surface area (Å²) in [7, 11) is -0.522. The summed E-state index contributed by atoms with van der Waals surface area (Å²) in [4.78, 5) is 11.5. The molecule has 21 heavy (non-hydrogen) atoms. The van der Waals surface area contributed by atoms with Gasteiger partial charge in [0, 0.05) is 6.42 Å². The van der Waals surface area contributed by atoms with Crippen LogP contribution in [0.4, 0.5) is 0 Å². The average molecular weight is 314 g/mol. The van der Waals surface area contributed by atoms with E-state index in [0.29, 0.717) is 6.42 Å². The van der Waals surface area contributed by atoms with Crippen molar-refractivity contribution in [2.24, 2.45) is 0 Å². The van der Waals surface area contributed by atoms with Crippen molar-refractivity contribution in [3.05, 3.63) is 11.1 Å². The molecule has 0 aromatic carbocycles. The molecule has 5 heteroatoms. The summed E-state index contributed by atoms with van der Waals surface area (Å²) in [5.74, 6) is -0.303. The lowest BCUT2D eigenvalue weighted by Gasteiger charge is -2.39. The van der Waals surface area contributed by atoms with Crippen LogP contribution in [0.15, 0.2) is 11.1 Å². The van der Waals surface area contributed by atoms with Gasteiger partial charge in [0.05, 0.1) is 25.7 Å². The van der Waals surface area contributed by atoms with E-state index in [1.165, 1.54) is 7.11 Å². The Hall–Kier alpha value is -0.653. The number of aliphatic hydroxyl groups excluding tert-OH is 1. The highest BCUT2D eigenvalue weighted by Crippen LogP contribution is 2.42. The Kier molecular flexibility index (Phi) is 5.81. The zero-order valence-corrected chi connectivity index (χ0v) is 15.4. The third kappa shape index (κ3) is 4.17. The average Bonchev–Trinajstić information content (AvgIpc) is 2.63. The van der Waals surface area contributed by atoms with Crippen molar-refractivity contribution in [3.8, 4) is 0 Å². The molecule has 1 aliphatic carbocycles. The quantitative estimate of drug-likeness (QED) is 0.480. The summed E-state index contributed by atoms with van der Waals surface area (Å²) in [5.41, 5.74) is 1.88. The predicted octanol–water partition coefficient (Wildman–Crippen LogP) is 3.41. The monoisotopic (exact) mass is 314 g/mol. The molecule has 1 rings (SSSR count). The zero-order chi connectivity index (χ0) is 16.4. The van der Waals surface area contributed by atoms with Gasteiger partial charge in [-0.05, 0) is 35.7 Å². The molecule has 0 fully saturated rings. The minimum atomic E-state index is -1.90. The first-order chi connectivity index (χ1) is 9.53. The molecule has 0 saturated carbocycles. The maximum absolute atomic E-state index is 11.5. The third-order valence-corrected chi connectivity index (χ3v) is 9.31. The molecular weight excluding hydrogens is 284 g/mol. The van der Waals surface area contributed by atoms with Crippen molar-refractivity contribution in [1.82, 2.24) is 0 Å². The molecule has 0 bridgehead atoms. The van der Waals surface area contributed by atoms with Crippen molar-refractivity contribution in [3.63, 3.8) is 0 Å². The lowest BCUT2D eigenvalue weighted by atomic mass is 10.0. The van der Waals surface area contributed by atoms with Crippen LogP contribution in [0.2, 0.25) is 18.1 Å². The molecule has 0 heterocycles. The molecule has 2 atom stereocenters. The Bertz CT molecular complexity index is 420. The van der Waals surface area contributed by atoms with Crippen LogP contribution in [0, 0.1) is 0 Å². The van der Waals surface area contributed by atoms with Crippen molar-refractivity contribution < 1.29 is 19.1 Å². The number of rotatable bonds is 5. The number of carbonyl (C=O) groups excluding carboxylic acids is 1. The van der Waals surface area contributed by atoms with Crippen LogP contribution < -0.4 is 0 Å². The van der Waals surface area contributed by atoms with Crippen molar-refractivity contribution >= 4 is 14.3 Å². The summed E-state index contributed by atoms with van der Waals surface area (Å²) in [6, 6.07) is 0. The SMILES string of the molecule is CCC1=C(CC(=O)OC)[C@H](O)CC1O[Si](C)(C)C(C)(C)C. The number of hydrogen-bond donors (Lipinski definition) is 1. The largest absolute Gasteiger partial charge is 0.469 e. The van der Waals surface area contributed by atoms with Gasteiger partial charge in [-0.2, -0.15) is 0 Å². The smallest absolute Gasteiger partial charge is 0.309 e. The van der Waals surface area contributed by atoms with Gasteiger partial charge in [-0.3, -0.25) is 4.79 Å². The topological polar surface area (TPSA) is 55.8 Å². The van der Waals surface area contributed by atoms with Crippen LogP contribution in [0.25, 0.3) is 0 Å². The Balaban J connectivity index is 2.97. The Morgan fingerprint density at radius 2 is 1.90 bits per heavy atom. The molecule has 0 aliphatic heterocycles. The first-order valence-corrected chi connectivity index (χ1v) is 10.6. The van der Waals surface area contributed by atoms with Crippen LogP contribution >= 0.6 is 0 Å². The highest BCUT2D eigenvalue weighted by Gasteiger charge is 2.42. The Labute approximate surface area is 129 Å². The second-order valence-corrected chi connectivity index (χ2v) is 12.0. The van der Waals surface area contributed by atoms with Crippen molar-refractivity contribution in [2.45, 2.75) is 77.3 Å². The van der Waals surface area contributed by atoms with E-state index in [9.17, 15) is 9.90 Å². The van der Waals surface area contributed by atoms with E-state index in [1.807, 2.05) is 6.92 Å². The summed E-state index contributed by atoms with van der Waals surface area (Å²) in [6.45, 7) is 13.1. The molecule has 0 aromatic heterocycles. The number of esters is 1. The minimum absolute atomic E-state index is 0.0643. The molecule has 0 aromatic rings. The molecule has 0 amide bonds. The van der Waals surface area contributed by atoms with Gasteiger partial charge in [-0.25, -0.2) is 0 Å². The second-order valence-electron chi connectivity index (χ2n) is 7.28. The van der Waals surface area contributed by atoms with Gasteiger partial charge in [-0.1, -0.05) is 27.7 Å². The maximum Gasteiger partial charge on any atom is 0.309 e. The molecule has 1 unspecified atom stereocenters. The van der Waals surface area contributed by atoms with Gasteiger partial charge in [0.2, 0.25) is 0 Å². The van der Waals surface area contributed by atoms with Gasteiger partial charge in [0.25, 0.3) is 0 Å². The molecule has 0 spiro atoms. The van der Waals surface area contributed by atoms with E-state index in [-0.39, 0.29) is 23.5 Å². The van der Waals surface area contributed by atoms with Crippen molar-refractivity contribution in [2.75, 3.05) is 7.11 Å². The molecule has 0 saturated heterocycles. The number of carbonyl (C=O) groups is 1. The number of aliphatic hydroxyl groups is 1. The molecular formula is C16H30O4Si. The predicted molar refractivity (Wildman–Crippen MR) is 86.6 cm³/mol. The number of ether oxygens (including phenoxy) is 1. The summed E-state index contributed by atoms with van der Waals surface area (Å²) < 4.78 is 11.2. The number of methoxy groups -OCH3 is 1. The third-order valence-electron chi connectivity index (χ3n) is 4.83. The van der Waals surface area contributed by atoms with E-state index in [0.717, 1.165) is 17.6 Å². The lowest BCUT2D eigenvalue weighted by Crippen LogP contribution is -2.44. The van der Waals surface area contributed by atoms with Gasteiger partial charge < -0.3 is 14.3 Å². The van der Waals surface area contributed by atoms with Crippen LogP contribution in [0.5, 0.6) is 0 Å². The van der Waals surface area contributed by atoms with Gasteiger partial charge in [-0.15, -0.1) is 0 Å². The summed E-state index contributed by atoms with van der Waals surface area (Å²) >= 11 is 0. The van der Waals surface area contributed by atoms with Gasteiger partial charge >= 0.3 is 5.97 Å². The highest BCUT2D eigenvalue weighted by atomic mass is 28.4. The first kappa shape index (κ1) is 18.4. The van der Waals surface area contributed by atoms with Crippen molar-refractivity contribution in [1.29, 1.82) is 0 Å². The van der Waals surface area contributed by atoms with Gasteiger partial charge in [0.15, 0.2) is 8.32 Å². The fourth-order valence-electron chi connectivity index (χ4n) is 2.47. The summed E-state index contributed by atoms with van der Waals surface area (Å²) in [5, 5.41) is 10.4. The molecule has 1 aliphatic rings.